The number of hydrogen-bond donors (Lipinski definition) is 0. The zero-order valence-corrected chi connectivity index (χ0v) is 21.5. The Bertz CT molecular complexity index is 330. The molecule has 0 heterocycles. The van der Waals surface area contributed by atoms with E-state index in [4.69, 9.17) is 24.9 Å². The first-order valence-electron chi connectivity index (χ1n) is 12.0. The molecule has 0 aromatic rings. The molecule has 170 valence electrons. The molecular weight excluding hydrogens is 388 g/mol. The Hall–Kier alpha value is 0.387. The summed E-state index contributed by atoms with van der Waals surface area (Å²) in [6.45, 7) is 14.6. The van der Waals surface area contributed by atoms with Crippen LogP contribution in [0.5, 0.6) is 0 Å². The number of rotatable bonds is 20. The number of hydrogen-bond acceptors (Lipinski definition) is 3. The highest BCUT2D eigenvalue weighted by atomic mass is 35.5. The van der Waals surface area contributed by atoms with Crippen LogP contribution in [0.2, 0.25) is 6.04 Å². The lowest BCUT2D eigenvalue weighted by Gasteiger charge is -2.31. The van der Waals surface area contributed by atoms with Crippen LogP contribution in [0.25, 0.3) is 0 Å². The van der Waals surface area contributed by atoms with Crippen LogP contribution in [-0.2, 0) is 13.3 Å². The van der Waals surface area contributed by atoms with Gasteiger partial charge in [0.15, 0.2) is 0 Å². The molecule has 0 fully saturated rings. The fourth-order valence-corrected chi connectivity index (χ4v) is 6.78. The maximum atomic E-state index is 6.75. The van der Waals surface area contributed by atoms with Gasteiger partial charge in [-0.1, -0.05) is 58.3 Å². The minimum atomic E-state index is -2.52. The molecule has 0 N–H and O–H groups in total. The minimum absolute atomic E-state index is 0.159. The first-order valence-corrected chi connectivity index (χ1v) is 14.3. The van der Waals surface area contributed by atoms with Gasteiger partial charge in [-0.15, -0.1) is 11.6 Å². The van der Waals surface area contributed by atoms with Crippen molar-refractivity contribution in [2.75, 3.05) is 19.8 Å². The lowest BCUT2D eigenvalue weighted by molar-refractivity contribution is 0.0701. The molecule has 3 nitrogen and oxygen atoms in total. The molecule has 0 spiro atoms. The molecule has 1 atom stereocenters. The second-order valence-electron chi connectivity index (χ2n) is 8.40. The predicted octanol–water partition coefficient (Wildman–Crippen LogP) is 7.98. The van der Waals surface area contributed by atoms with E-state index in [0.717, 1.165) is 18.9 Å². The third kappa shape index (κ3) is 13.6. The molecule has 0 bridgehead atoms. The average molecular weight is 437 g/mol. The summed E-state index contributed by atoms with van der Waals surface area (Å²) in [5.41, 5.74) is 0. The van der Waals surface area contributed by atoms with Gasteiger partial charge in [-0.25, -0.2) is 0 Å². The number of alkyl halides is 1. The van der Waals surface area contributed by atoms with Crippen molar-refractivity contribution in [1.29, 1.82) is 0 Å². The topological polar surface area (TPSA) is 27.7 Å². The summed E-state index contributed by atoms with van der Waals surface area (Å²) in [5, 5.41) is 0. The Morgan fingerprint density at radius 2 is 1.11 bits per heavy atom. The van der Waals surface area contributed by atoms with Crippen molar-refractivity contribution in [3.8, 4) is 0 Å². The van der Waals surface area contributed by atoms with E-state index < -0.39 is 8.80 Å². The van der Waals surface area contributed by atoms with Crippen LogP contribution in [0.4, 0.5) is 0 Å². The lowest BCUT2D eigenvalue weighted by atomic mass is 9.86. The van der Waals surface area contributed by atoms with Crippen LogP contribution in [0.3, 0.4) is 0 Å². The Morgan fingerprint density at radius 1 is 0.679 bits per heavy atom. The normalized spacial score (nSPS) is 13.8. The van der Waals surface area contributed by atoms with Gasteiger partial charge in [-0.2, -0.15) is 0 Å². The summed E-state index contributed by atoms with van der Waals surface area (Å²) in [6.07, 6.45) is 14.3. The lowest BCUT2D eigenvalue weighted by Crippen LogP contribution is -2.46. The van der Waals surface area contributed by atoms with Gasteiger partial charge in [-0.05, 0) is 59.8 Å². The first kappa shape index (κ1) is 28.4. The van der Waals surface area contributed by atoms with Crippen LogP contribution < -0.4 is 0 Å². The van der Waals surface area contributed by atoms with Gasteiger partial charge < -0.3 is 13.3 Å². The molecule has 0 aliphatic carbocycles. The molecular formula is C23H49ClO3Si. The quantitative estimate of drug-likeness (QED) is 0.110. The van der Waals surface area contributed by atoms with E-state index in [1.165, 1.54) is 57.8 Å². The summed E-state index contributed by atoms with van der Waals surface area (Å²) >= 11 is 6.75. The average Bonchev–Trinajstić information content (AvgIpc) is 2.62. The summed E-state index contributed by atoms with van der Waals surface area (Å²) in [7, 11) is -2.52. The Labute approximate surface area is 182 Å². The van der Waals surface area contributed by atoms with E-state index in [1.54, 1.807) is 0 Å². The van der Waals surface area contributed by atoms with Crippen LogP contribution in [0, 0.1) is 5.92 Å². The van der Waals surface area contributed by atoms with Gasteiger partial charge in [-0.3, -0.25) is 0 Å². The van der Waals surface area contributed by atoms with Crippen molar-refractivity contribution in [1.82, 2.24) is 0 Å². The molecule has 1 unspecified atom stereocenters. The smallest absolute Gasteiger partial charge is 0.374 e. The fourth-order valence-electron chi connectivity index (χ4n) is 3.92. The maximum Gasteiger partial charge on any atom is 0.500 e. The second kappa shape index (κ2) is 17.1. The van der Waals surface area contributed by atoms with Gasteiger partial charge in [0.2, 0.25) is 0 Å². The van der Waals surface area contributed by atoms with E-state index >= 15 is 0 Å². The molecule has 0 aromatic heterocycles. The van der Waals surface area contributed by atoms with Gasteiger partial charge in [0.1, 0.15) is 0 Å². The zero-order valence-electron chi connectivity index (χ0n) is 19.8. The van der Waals surface area contributed by atoms with Crippen LogP contribution >= 0.6 is 11.6 Å². The van der Waals surface area contributed by atoms with E-state index in [2.05, 4.69) is 20.8 Å². The Balaban J connectivity index is 4.37. The molecule has 0 aliphatic rings. The van der Waals surface area contributed by atoms with Crippen molar-refractivity contribution in [3.05, 3.63) is 0 Å². The maximum absolute atomic E-state index is 6.75. The van der Waals surface area contributed by atoms with Gasteiger partial charge >= 0.3 is 8.80 Å². The van der Waals surface area contributed by atoms with Gasteiger partial charge in [0.05, 0.1) is 0 Å². The molecule has 0 aliphatic heterocycles. The summed E-state index contributed by atoms with van der Waals surface area (Å²) in [4.78, 5) is -0.159. The number of unbranched alkanes of at least 4 members (excludes halogenated alkanes) is 7. The summed E-state index contributed by atoms with van der Waals surface area (Å²) < 4.78 is 18.0. The number of halogens is 1. The van der Waals surface area contributed by atoms with E-state index in [1.807, 2.05) is 20.8 Å². The van der Waals surface area contributed by atoms with E-state index in [-0.39, 0.29) is 4.87 Å². The molecule has 0 aromatic carbocycles. The third-order valence-corrected chi connectivity index (χ3v) is 8.97. The van der Waals surface area contributed by atoms with E-state index in [0.29, 0.717) is 25.7 Å². The summed E-state index contributed by atoms with van der Waals surface area (Å²) in [6, 6.07) is 0.892. The SMILES string of the molecule is CCCCCCCCCCC(CCC[Si](OCC)(OCC)OCC)C(C)(C)Cl. The Kier molecular flexibility index (Phi) is 17.3. The van der Waals surface area contributed by atoms with Crippen molar-refractivity contribution in [3.63, 3.8) is 0 Å². The van der Waals surface area contributed by atoms with Crippen molar-refractivity contribution in [2.24, 2.45) is 5.92 Å². The van der Waals surface area contributed by atoms with Gasteiger partial charge in [0, 0.05) is 30.7 Å². The largest absolute Gasteiger partial charge is 0.500 e. The molecule has 28 heavy (non-hydrogen) atoms. The minimum Gasteiger partial charge on any atom is -0.374 e. The molecule has 0 saturated carbocycles. The first-order chi connectivity index (χ1) is 13.3. The van der Waals surface area contributed by atoms with Crippen molar-refractivity contribution in [2.45, 2.75) is 123 Å². The molecule has 0 saturated heterocycles. The monoisotopic (exact) mass is 436 g/mol. The molecule has 5 heteroatoms. The van der Waals surface area contributed by atoms with Gasteiger partial charge in [0.25, 0.3) is 0 Å². The fraction of sp³-hybridized carbons (Fsp3) is 1.00. The zero-order chi connectivity index (χ0) is 21.3. The molecule has 0 amide bonds. The highest BCUT2D eigenvalue weighted by Crippen LogP contribution is 2.34. The second-order valence-corrected chi connectivity index (χ2v) is 12.1. The van der Waals surface area contributed by atoms with Crippen molar-refractivity contribution >= 4 is 20.4 Å². The summed E-state index contributed by atoms with van der Waals surface area (Å²) in [5.74, 6) is 0.533. The molecule has 0 rings (SSSR count). The van der Waals surface area contributed by atoms with Crippen LogP contribution in [0.1, 0.15) is 112 Å². The standard InChI is InChI=1S/C23H49ClO3Si/c1-7-11-12-13-14-15-16-17-19-22(23(5,6)24)20-18-21-28(25-8-2,26-9-3)27-10-4/h22H,7-21H2,1-6H3. The van der Waals surface area contributed by atoms with E-state index in [9.17, 15) is 0 Å². The molecule has 0 radical (unpaired) electrons. The van der Waals surface area contributed by atoms with Crippen LogP contribution in [0.15, 0.2) is 0 Å². The Morgan fingerprint density at radius 3 is 1.54 bits per heavy atom. The van der Waals surface area contributed by atoms with Crippen LogP contribution in [-0.4, -0.2) is 33.5 Å². The highest BCUT2D eigenvalue weighted by Gasteiger charge is 2.40. The highest BCUT2D eigenvalue weighted by molar-refractivity contribution is 6.60. The predicted molar refractivity (Wildman–Crippen MR) is 125 cm³/mol. The third-order valence-electron chi connectivity index (χ3n) is 5.51. The van der Waals surface area contributed by atoms with Crippen molar-refractivity contribution < 1.29 is 13.3 Å².